The van der Waals surface area contributed by atoms with E-state index in [0.29, 0.717) is 0 Å². The van der Waals surface area contributed by atoms with E-state index in [1.807, 2.05) is 32.9 Å². The Balaban J connectivity index is 4.30. The maximum Gasteiger partial charge on any atom is 0.178 e. The summed E-state index contributed by atoms with van der Waals surface area (Å²) in [6.45, 7) is 13.2. The maximum absolute atomic E-state index is 11.6. The molecule has 0 radical (unpaired) electrons. The quantitative estimate of drug-likeness (QED) is 0.366. The van der Waals surface area contributed by atoms with Crippen molar-refractivity contribution in [3.63, 3.8) is 0 Å². The lowest BCUT2D eigenvalue weighted by atomic mass is 10.0. The van der Waals surface area contributed by atoms with E-state index in [1.54, 1.807) is 25.2 Å². The number of rotatable bonds is 9. The molecule has 1 N–H and O–H groups in total. The second-order valence-electron chi connectivity index (χ2n) is 6.27. The fourth-order valence-corrected chi connectivity index (χ4v) is 1.85. The van der Waals surface area contributed by atoms with Gasteiger partial charge in [0.2, 0.25) is 0 Å². The third kappa shape index (κ3) is 11.0. The van der Waals surface area contributed by atoms with Crippen molar-refractivity contribution in [3.05, 3.63) is 59.8 Å². The molecule has 2 heteroatoms. The van der Waals surface area contributed by atoms with Crippen LogP contribution in [-0.4, -0.2) is 16.5 Å². The van der Waals surface area contributed by atoms with Gasteiger partial charge in [0.25, 0.3) is 0 Å². The predicted molar refractivity (Wildman–Crippen MR) is 95.8 cm³/mol. The first-order chi connectivity index (χ1) is 10.2. The summed E-state index contributed by atoms with van der Waals surface area (Å²) >= 11 is 0. The van der Waals surface area contributed by atoms with E-state index in [1.165, 1.54) is 11.6 Å². The summed E-state index contributed by atoms with van der Waals surface area (Å²) in [5.74, 6) is 0.0688. The lowest BCUT2D eigenvalue weighted by Crippen LogP contribution is -2.15. The molecule has 0 amide bonds. The number of carbonyl (C=O) groups excluding carboxylic acids is 1. The molecule has 1 atom stereocenters. The Labute approximate surface area is 135 Å². The SMILES string of the molecule is C=C[C@](C)(O)/C=C/C=C(\C)CCC/C(C)=C\C(=O)C=C(C)C. The Morgan fingerprint density at radius 3 is 2.23 bits per heavy atom. The molecular formula is C20H30O2. The molecule has 0 aromatic rings. The van der Waals surface area contributed by atoms with Crippen LogP contribution in [0, 0.1) is 0 Å². The van der Waals surface area contributed by atoms with E-state index >= 15 is 0 Å². The minimum Gasteiger partial charge on any atom is -0.382 e. The first-order valence-electron chi connectivity index (χ1n) is 7.73. The predicted octanol–water partition coefficient (Wildman–Crippen LogP) is 5.08. The maximum atomic E-state index is 11.6. The van der Waals surface area contributed by atoms with Gasteiger partial charge < -0.3 is 5.11 Å². The van der Waals surface area contributed by atoms with Crippen LogP contribution in [0.3, 0.4) is 0 Å². The van der Waals surface area contributed by atoms with Crippen LogP contribution >= 0.6 is 0 Å². The van der Waals surface area contributed by atoms with Crippen molar-refractivity contribution in [1.29, 1.82) is 0 Å². The average Bonchev–Trinajstić information content (AvgIpc) is 2.37. The second kappa shape index (κ2) is 10.1. The van der Waals surface area contributed by atoms with Crippen molar-refractivity contribution in [1.82, 2.24) is 0 Å². The van der Waals surface area contributed by atoms with Crippen molar-refractivity contribution in [2.24, 2.45) is 0 Å². The van der Waals surface area contributed by atoms with Crippen LogP contribution in [0.2, 0.25) is 0 Å². The summed E-state index contributed by atoms with van der Waals surface area (Å²) in [7, 11) is 0. The topological polar surface area (TPSA) is 37.3 Å². The summed E-state index contributed by atoms with van der Waals surface area (Å²) in [6, 6.07) is 0. The van der Waals surface area contributed by atoms with Gasteiger partial charge in [-0.25, -0.2) is 0 Å². The first-order valence-corrected chi connectivity index (χ1v) is 7.73. The molecule has 122 valence electrons. The molecule has 0 saturated heterocycles. The molecule has 2 nitrogen and oxygen atoms in total. The standard InChI is InChI=1S/C20H30O2/c1-7-20(6,22)13-9-12-17(4)10-8-11-18(5)15-19(21)14-16(2)3/h7,9,12-15,22H,1,8,10-11H2,2-6H3/b13-9+,17-12+,18-15-/t20-/m0/s1. The lowest BCUT2D eigenvalue weighted by molar-refractivity contribution is -0.110. The van der Waals surface area contributed by atoms with Gasteiger partial charge in [-0.05, 0) is 72.1 Å². The molecule has 0 aliphatic rings. The molecule has 0 spiro atoms. The highest BCUT2D eigenvalue weighted by molar-refractivity contribution is 5.99. The fraction of sp³-hybridized carbons (Fsp3) is 0.450. The zero-order valence-electron chi connectivity index (χ0n) is 14.6. The van der Waals surface area contributed by atoms with Gasteiger partial charge in [-0.1, -0.05) is 41.5 Å². The van der Waals surface area contributed by atoms with E-state index in [4.69, 9.17) is 0 Å². The summed E-state index contributed by atoms with van der Waals surface area (Å²) in [4.78, 5) is 11.6. The van der Waals surface area contributed by atoms with Gasteiger partial charge in [-0.3, -0.25) is 4.79 Å². The lowest BCUT2D eigenvalue weighted by Gasteiger charge is -2.11. The molecule has 22 heavy (non-hydrogen) atoms. The van der Waals surface area contributed by atoms with Crippen LogP contribution < -0.4 is 0 Å². The highest BCUT2D eigenvalue weighted by atomic mass is 16.3. The summed E-state index contributed by atoms with van der Waals surface area (Å²) in [5, 5.41) is 9.75. The van der Waals surface area contributed by atoms with Crippen molar-refractivity contribution < 1.29 is 9.90 Å². The van der Waals surface area contributed by atoms with Gasteiger partial charge >= 0.3 is 0 Å². The molecule has 0 heterocycles. The van der Waals surface area contributed by atoms with Gasteiger partial charge in [0.15, 0.2) is 5.78 Å². The Kier molecular flexibility index (Phi) is 9.35. The first kappa shape index (κ1) is 20.3. The molecule has 0 aliphatic carbocycles. The smallest absolute Gasteiger partial charge is 0.178 e. The van der Waals surface area contributed by atoms with E-state index in [-0.39, 0.29) is 5.78 Å². The minimum atomic E-state index is -0.957. The Bertz CT molecular complexity index is 496. The van der Waals surface area contributed by atoms with E-state index in [9.17, 15) is 9.90 Å². The Morgan fingerprint density at radius 1 is 1.09 bits per heavy atom. The molecule has 0 rings (SSSR count). The fourth-order valence-electron chi connectivity index (χ4n) is 1.85. The van der Waals surface area contributed by atoms with Gasteiger partial charge in [-0.15, -0.1) is 0 Å². The molecule has 0 saturated carbocycles. The minimum absolute atomic E-state index is 0.0688. The van der Waals surface area contributed by atoms with Gasteiger partial charge in [0.05, 0.1) is 5.60 Å². The number of aliphatic hydroxyl groups is 1. The van der Waals surface area contributed by atoms with E-state index < -0.39 is 5.60 Å². The van der Waals surface area contributed by atoms with Crippen LogP contribution in [0.15, 0.2) is 59.8 Å². The highest BCUT2D eigenvalue weighted by Gasteiger charge is 2.08. The van der Waals surface area contributed by atoms with E-state index in [0.717, 1.165) is 30.4 Å². The number of carbonyl (C=O) groups is 1. The van der Waals surface area contributed by atoms with Crippen LogP contribution in [0.4, 0.5) is 0 Å². The Hall–Kier alpha value is -1.67. The van der Waals surface area contributed by atoms with E-state index in [2.05, 4.69) is 13.5 Å². The van der Waals surface area contributed by atoms with Gasteiger partial charge in [0.1, 0.15) is 0 Å². The average molecular weight is 302 g/mol. The zero-order valence-corrected chi connectivity index (χ0v) is 14.6. The third-order valence-electron chi connectivity index (χ3n) is 3.19. The molecule has 0 aromatic carbocycles. The second-order valence-corrected chi connectivity index (χ2v) is 6.27. The molecular weight excluding hydrogens is 272 g/mol. The van der Waals surface area contributed by atoms with Gasteiger partial charge in [-0.2, -0.15) is 0 Å². The number of ketones is 1. The normalized spacial score (nSPS) is 15.5. The van der Waals surface area contributed by atoms with Crippen molar-refractivity contribution >= 4 is 5.78 Å². The summed E-state index contributed by atoms with van der Waals surface area (Å²) < 4.78 is 0. The molecule has 0 unspecified atom stereocenters. The highest BCUT2D eigenvalue weighted by Crippen LogP contribution is 2.13. The van der Waals surface area contributed by atoms with Crippen LogP contribution in [-0.2, 0) is 4.79 Å². The summed E-state index contributed by atoms with van der Waals surface area (Å²) in [5.41, 5.74) is 2.43. The Morgan fingerprint density at radius 2 is 1.68 bits per heavy atom. The number of hydrogen-bond acceptors (Lipinski definition) is 2. The molecule has 0 bridgehead atoms. The summed E-state index contributed by atoms with van der Waals surface area (Å²) in [6.07, 6.45) is 13.4. The van der Waals surface area contributed by atoms with Crippen LogP contribution in [0.5, 0.6) is 0 Å². The van der Waals surface area contributed by atoms with Crippen LogP contribution in [0.25, 0.3) is 0 Å². The van der Waals surface area contributed by atoms with Crippen molar-refractivity contribution in [3.8, 4) is 0 Å². The monoisotopic (exact) mass is 302 g/mol. The van der Waals surface area contributed by atoms with Crippen LogP contribution in [0.1, 0.15) is 53.9 Å². The third-order valence-corrected chi connectivity index (χ3v) is 3.19. The molecule has 0 aromatic heterocycles. The number of hydrogen-bond donors (Lipinski definition) is 1. The van der Waals surface area contributed by atoms with Crippen molar-refractivity contribution in [2.45, 2.75) is 59.5 Å². The van der Waals surface area contributed by atoms with Gasteiger partial charge in [0, 0.05) is 0 Å². The largest absolute Gasteiger partial charge is 0.382 e. The molecule has 0 fully saturated rings. The number of allylic oxidation sites excluding steroid dienone is 7. The molecule has 0 aliphatic heterocycles. The van der Waals surface area contributed by atoms with Crippen molar-refractivity contribution in [2.75, 3.05) is 0 Å². The zero-order chi connectivity index (χ0) is 17.2.